The highest BCUT2D eigenvalue weighted by atomic mass is 35.5. The molecule has 25 heavy (non-hydrogen) atoms. The minimum absolute atomic E-state index is 0.117. The summed E-state index contributed by atoms with van der Waals surface area (Å²) >= 11 is 5.99. The molecule has 1 N–H and O–H groups in total. The van der Waals surface area contributed by atoms with E-state index in [0.29, 0.717) is 16.5 Å². The molecule has 1 aliphatic carbocycles. The Kier molecular flexibility index (Phi) is 5.25. The lowest BCUT2D eigenvalue weighted by Gasteiger charge is -2.21. The standard InChI is InChI=1S/C20H19ClN2O2/c21-17-5-1-2-6-18(17)25-13-19(24)23-16-9-7-15(8-10-16)20(14-22)11-3-4-12-20/h1-2,5-10H,3-4,11-13H2,(H,23,24). The third-order valence-electron chi connectivity index (χ3n) is 4.59. The van der Waals surface area contributed by atoms with Gasteiger partial charge in [-0.05, 0) is 42.7 Å². The average Bonchev–Trinajstić information content (AvgIpc) is 3.12. The largest absolute Gasteiger partial charge is 0.482 e. The molecule has 1 saturated carbocycles. The number of ether oxygens (including phenoxy) is 1. The molecule has 2 aromatic carbocycles. The highest BCUT2D eigenvalue weighted by Crippen LogP contribution is 2.40. The number of rotatable bonds is 5. The normalized spacial score (nSPS) is 15.4. The van der Waals surface area contributed by atoms with E-state index in [-0.39, 0.29) is 17.9 Å². The number of nitriles is 1. The quantitative estimate of drug-likeness (QED) is 0.847. The van der Waals surface area contributed by atoms with Crippen molar-refractivity contribution in [3.8, 4) is 11.8 Å². The third-order valence-corrected chi connectivity index (χ3v) is 4.90. The van der Waals surface area contributed by atoms with Gasteiger partial charge >= 0.3 is 0 Å². The summed E-state index contributed by atoms with van der Waals surface area (Å²) in [6.07, 6.45) is 3.98. The first-order chi connectivity index (χ1) is 12.1. The van der Waals surface area contributed by atoms with E-state index in [0.717, 1.165) is 31.2 Å². The van der Waals surface area contributed by atoms with E-state index < -0.39 is 0 Å². The molecule has 1 amide bonds. The maximum atomic E-state index is 12.0. The van der Waals surface area contributed by atoms with E-state index in [9.17, 15) is 10.1 Å². The lowest BCUT2D eigenvalue weighted by atomic mass is 9.80. The van der Waals surface area contributed by atoms with Crippen LogP contribution in [0.3, 0.4) is 0 Å². The van der Waals surface area contributed by atoms with Crippen LogP contribution in [0, 0.1) is 11.3 Å². The van der Waals surface area contributed by atoms with Crippen molar-refractivity contribution in [1.82, 2.24) is 0 Å². The highest BCUT2D eigenvalue weighted by molar-refractivity contribution is 6.32. The van der Waals surface area contributed by atoms with E-state index in [1.165, 1.54) is 0 Å². The fourth-order valence-corrected chi connectivity index (χ4v) is 3.41. The molecular formula is C20H19ClN2O2. The molecule has 2 aromatic rings. The lowest BCUT2D eigenvalue weighted by molar-refractivity contribution is -0.118. The monoisotopic (exact) mass is 354 g/mol. The van der Waals surface area contributed by atoms with Gasteiger partial charge in [0.15, 0.2) is 6.61 Å². The second kappa shape index (κ2) is 7.58. The summed E-state index contributed by atoms with van der Waals surface area (Å²) in [5, 5.41) is 12.8. The van der Waals surface area contributed by atoms with Crippen LogP contribution in [-0.2, 0) is 10.2 Å². The van der Waals surface area contributed by atoms with Gasteiger partial charge in [0.05, 0.1) is 16.5 Å². The summed E-state index contributed by atoms with van der Waals surface area (Å²) < 4.78 is 5.42. The van der Waals surface area contributed by atoms with E-state index >= 15 is 0 Å². The summed E-state index contributed by atoms with van der Waals surface area (Å²) in [5.74, 6) is 0.218. The SMILES string of the molecule is N#CC1(c2ccc(NC(=O)COc3ccccc3Cl)cc2)CCCC1. The predicted octanol–water partition coefficient (Wildman–Crippen LogP) is 4.69. The molecular weight excluding hydrogens is 336 g/mol. The van der Waals surface area contributed by atoms with Crippen LogP contribution in [-0.4, -0.2) is 12.5 Å². The number of amides is 1. The number of hydrogen-bond donors (Lipinski definition) is 1. The van der Waals surface area contributed by atoms with Gasteiger partial charge in [-0.3, -0.25) is 4.79 Å². The number of benzene rings is 2. The van der Waals surface area contributed by atoms with Gasteiger partial charge < -0.3 is 10.1 Å². The van der Waals surface area contributed by atoms with Crippen LogP contribution in [0.25, 0.3) is 0 Å². The van der Waals surface area contributed by atoms with Crippen LogP contribution in [0.4, 0.5) is 5.69 Å². The Morgan fingerprint density at radius 3 is 2.48 bits per heavy atom. The van der Waals surface area contributed by atoms with E-state index in [1.807, 2.05) is 24.3 Å². The van der Waals surface area contributed by atoms with Gasteiger partial charge in [-0.1, -0.05) is 48.7 Å². The highest BCUT2D eigenvalue weighted by Gasteiger charge is 2.35. The lowest BCUT2D eigenvalue weighted by Crippen LogP contribution is -2.21. The molecule has 4 nitrogen and oxygen atoms in total. The molecule has 0 unspecified atom stereocenters. The van der Waals surface area contributed by atoms with Gasteiger partial charge in [0.2, 0.25) is 0 Å². The molecule has 0 radical (unpaired) electrons. The maximum absolute atomic E-state index is 12.0. The van der Waals surface area contributed by atoms with Gasteiger partial charge in [-0.2, -0.15) is 5.26 Å². The minimum Gasteiger partial charge on any atom is -0.482 e. The first kappa shape index (κ1) is 17.3. The van der Waals surface area contributed by atoms with E-state index in [1.54, 1.807) is 24.3 Å². The fourth-order valence-electron chi connectivity index (χ4n) is 3.22. The topological polar surface area (TPSA) is 62.1 Å². The van der Waals surface area contributed by atoms with Crippen molar-refractivity contribution in [1.29, 1.82) is 5.26 Å². The molecule has 0 atom stereocenters. The molecule has 0 saturated heterocycles. The maximum Gasteiger partial charge on any atom is 0.262 e. The smallest absolute Gasteiger partial charge is 0.262 e. The molecule has 0 bridgehead atoms. The minimum atomic E-state index is -0.365. The van der Waals surface area contributed by atoms with Crippen molar-refractivity contribution < 1.29 is 9.53 Å². The molecule has 0 aromatic heterocycles. The Morgan fingerprint density at radius 2 is 1.84 bits per heavy atom. The second-order valence-corrected chi connectivity index (χ2v) is 6.65. The Morgan fingerprint density at radius 1 is 1.16 bits per heavy atom. The van der Waals surface area contributed by atoms with Gasteiger partial charge in [0, 0.05) is 5.69 Å². The molecule has 5 heteroatoms. The molecule has 3 rings (SSSR count). The van der Waals surface area contributed by atoms with Crippen LogP contribution < -0.4 is 10.1 Å². The summed E-state index contributed by atoms with van der Waals surface area (Å²) in [6.45, 7) is -0.117. The molecule has 128 valence electrons. The van der Waals surface area contributed by atoms with Crippen molar-refractivity contribution in [3.63, 3.8) is 0 Å². The average molecular weight is 355 g/mol. The number of carbonyl (C=O) groups excluding carboxylic acids is 1. The molecule has 1 aliphatic rings. The third kappa shape index (κ3) is 3.94. The first-order valence-electron chi connectivity index (χ1n) is 8.32. The zero-order chi connectivity index (χ0) is 17.7. The van der Waals surface area contributed by atoms with Gasteiger partial charge in [0.1, 0.15) is 5.75 Å². The number of carbonyl (C=O) groups is 1. The Hall–Kier alpha value is -2.51. The van der Waals surface area contributed by atoms with Crippen LogP contribution >= 0.6 is 11.6 Å². The van der Waals surface area contributed by atoms with Crippen molar-refractivity contribution in [2.75, 3.05) is 11.9 Å². The fraction of sp³-hybridized carbons (Fsp3) is 0.300. The van der Waals surface area contributed by atoms with Gasteiger partial charge in [-0.25, -0.2) is 0 Å². The Bertz CT molecular complexity index is 790. The Labute approximate surface area is 152 Å². The zero-order valence-electron chi connectivity index (χ0n) is 13.8. The predicted molar refractivity (Wildman–Crippen MR) is 97.8 cm³/mol. The molecule has 0 aliphatic heterocycles. The summed E-state index contributed by atoms with van der Waals surface area (Å²) in [4.78, 5) is 12.0. The second-order valence-electron chi connectivity index (χ2n) is 6.25. The van der Waals surface area contributed by atoms with E-state index in [2.05, 4.69) is 11.4 Å². The zero-order valence-corrected chi connectivity index (χ0v) is 14.6. The number of halogens is 1. The van der Waals surface area contributed by atoms with Crippen molar-refractivity contribution >= 4 is 23.2 Å². The van der Waals surface area contributed by atoms with Crippen molar-refractivity contribution in [2.45, 2.75) is 31.1 Å². The number of para-hydroxylation sites is 1. The summed E-state index contributed by atoms with van der Waals surface area (Å²) in [5.41, 5.74) is 1.34. The number of anilines is 1. The van der Waals surface area contributed by atoms with Gasteiger partial charge in [-0.15, -0.1) is 0 Å². The van der Waals surface area contributed by atoms with Crippen molar-refractivity contribution in [2.24, 2.45) is 0 Å². The van der Waals surface area contributed by atoms with Crippen LogP contribution in [0.5, 0.6) is 5.75 Å². The number of nitrogens with one attached hydrogen (secondary N) is 1. The summed E-state index contributed by atoms with van der Waals surface area (Å²) in [6, 6.07) is 17.0. The number of hydrogen-bond acceptors (Lipinski definition) is 3. The number of nitrogens with zero attached hydrogens (tertiary/aromatic N) is 1. The van der Waals surface area contributed by atoms with E-state index in [4.69, 9.17) is 16.3 Å². The summed E-state index contributed by atoms with van der Waals surface area (Å²) in [7, 11) is 0. The molecule has 0 heterocycles. The Balaban J connectivity index is 1.59. The molecule has 0 spiro atoms. The van der Waals surface area contributed by atoms with Gasteiger partial charge in [0.25, 0.3) is 5.91 Å². The van der Waals surface area contributed by atoms with Crippen LogP contribution in [0.1, 0.15) is 31.2 Å². The molecule has 1 fully saturated rings. The van der Waals surface area contributed by atoms with Crippen LogP contribution in [0.2, 0.25) is 5.02 Å². The first-order valence-corrected chi connectivity index (χ1v) is 8.70. The van der Waals surface area contributed by atoms with Crippen molar-refractivity contribution in [3.05, 3.63) is 59.1 Å². The van der Waals surface area contributed by atoms with Crippen LogP contribution in [0.15, 0.2) is 48.5 Å².